The molecule has 0 aromatic carbocycles. The van der Waals surface area contributed by atoms with Crippen LogP contribution in [0.4, 0.5) is 0 Å². The summed E-state index contributed by atoms with van der Waals surface area (Å²) >= 11 is 0. The van der Waals surface area contributed by atoms with E-state index in [1.807, 2.05) is 0 Å². The predicted octanol–water partition coefficient (Wildman–Crippen LogP) is 0.486. The van der Waals surface area contributed by atoms with Crippen molar-refractivity contribution in [3.63, 3.8) is 0 Å². The normalized spacial score (nSPS) is 16.0. The first-order valence-corrected chi connectivity index (χ1v) is 1.45. The van der Waals surface area contributed by atoms with Crippen LogP contribution in [0, 0.1) is 24.3 Å². The third-order valence-electron chi connectivity index (χ3n) is 0.478. The van der Waals surface area contributed by atoms with Crippen LogP contribution in [0.1, 0.15) is 0 Å². The van der Waals surface area contributed by atoms with Crippen LogP contribution in [0.3, 0.4) is 0 Å². The Labute approximate surface area is 31.5 Å². The number of hydrogen-bond acceptors (Lipinski definition) is 0. The summed E-state index contributed by atoms with van der Waals surface area (Å²) in [6.45, 7) is 6.47. The fourth-order valence-corrected chi connectivity index (χ4v) is 0.131. The second-order valence-corrected chi connectivity index (χ2v) is 0.933. The van der Waals surface area contributed by atoms with Gasteiger partial charge in [-0.2, -0.15) is 0 Å². The monoisotopic (exact) mass is 62.0 g/mol. The lowest BCUT2D eigenvalue weighted by Crippen LogP contribution is -1.60. The minimum absolute atomic E-state index is 0.176. The van der Waals surface area contributed by atoms with Gasteiger partial charge in [0.05, 0.1) is 0 Å². The van der Waals surface area contributed by atoms with Crippen LogP contribution in [0.15, 0.2) is 6.08 Å². The van der Waals surface area contributed by atoms with Crippen LogP contribution < -0.4 is 0 Å². The van der Waals surface area contributed by atoms with Crippen LogP contribution in [-0.4, -0.2) is 0 Å². The Morgan fingerprint density at radius 2 is 2.20 bits per heavy atom. The van der Waals surface area contributed by atoms with Gasteiger partial charge in [0.1, 0.15) is 5.92 Å². The summed E-state index contributed by atoms with van der Waals surface area (Å²) in [4.78, 5) is 0. The summed E-state index contributed by atoms with van der Waals surface area (Å²) in [6, 6.07) is 0. The molecule has 0 bridgehead atoms. The van der Waals surface area contributed by atoms with Gasteiger partial charge < -0.3 is 0 Å². The van der Waals surface area contributed by atoms with E-state index in [1.54, 1.807) is 0 Å². The molecule has 1 aliphatic rings. The summed E-state index contributed by atoms with van der Waals surface area (Å²) in [5.74, 6) is 5.56. The highest BCUT2D eigenvalue weighted by atomic mass is 14.0. The summed E-state index contributed by atoms with van der Waals surface area (Å²) in [7, 11) is 0. The molecule has 5 heavy (non-hydrogen) atoms. The van der Waals surface area contributed by atoms with Crippen molar-refractivity contribution in [3.05, 3.63) is 12.7 Å². The van der Waals surface area contributed by atoms with E-state index < -0.39 is 0 Å². The summed E-state index contributed by atoms with van der Waals surface area (Å²) < 4.78 is 0. The van der Waals surface area contributed by atoms with E-state index in [0.717, 1.165) is 0 Å². The zero-order valence-electron chi connectivity index (χ0n) is 2.65. The Hall–Kier alpha value is -0.700. The Bertz CT molecular complexity index is 92.9. The molecule has 0 unspecified atom stereocenters. The first-order valence-electron chi connectivity index (χ1n) is 1.45. The summed E-state index contributed by atoms with van der Waals surface area (Å²) in [5, 5.41) is 0. The third-order valence-corrected chi connectivity index (χ3v) is 0.478. The second kappa shape index (κ2) is 0.621. The molecule has 2 radical (unpaired) electrons. The number of rotatable bonds is 1. The highest BCUT2D eigenvalue weighted by molar-refractivity contribution is 5.34. The molecular weight excluding hydrogens is 60.1 g/mol. The molecule has 0 aromatic rings. The largest absolute Gasteiger partial charge is 0.100 e. The smallest absolute Gasteiger partial charge is 0.0808 e. The summed E-state index contributed by atoms with van der Waals surface area (Å²) in [6.07, 6.45) is 1.31. The van der Waals surface area contributed by atoms with Gasteiger partial charge in [-0.25, -0.2) is 0 Å². The van der Waals surface area contributed by atoms with Crippen molar-refractivity contribution in [3.8, 4) is 11.8 Å². The number of hydrogen-bond donors (Lipinski definition) is 0. The highest BCUT2D eigenvalue weighted by Gasteiger charge is 1.99. The molecule has 0 heterocycles. The van der Waals surface area contributed by atoms with Gasteiger partial charge in [0.25, 0.3) is 0 Å². The van der Waals surface area contributed by atoms with E-state index in [1.165, 1.54) is 6.08 Å². The quantitative estimate of drug-likeness (QED) is 0.388. The molecular formula is C5H2. The van der Waals surface area contributed by atoms with E-state index in [0.29, 0.717) is 0 Å². The van der Waals surface area contributed by atoms with Gasteiger partial charge in [0.15, 0.2) is 0 Å². The van der Waals surface area contributed by atoms with E-state index in [-0.39, 0.29) is 5.92 Å². The van der Waals surface area contributed by atoms with Crippen molar-refractivity contribution in [2.75, 3.05) is 0 Å². The molecule has 0 N–H and O–H groups in total. The molecule has 0 nitrogen and oxygen atoms in total. The molecule has 0 fully saturated rings. The van der Waals surface area contributed by atoms with Gasteiger partial charge in [-0.15, -0.1) is 0 Å². The fraction of sp³-hybridized carbons (Fsp3) is 0.200. The van der Waals surface area contributed by atoms with Gasteiger partial charge in [0.2, 0.25) is 0 Å². The Morgan fingerprint density at radius 1 is 1.60 bits per heavy atom. The topological polar surface area (TPSA) is 0 Å². The lowest BCUT2D eigenvalue weighted by molar-refractivity contribution is 1.29. The van der Waals surface area contributed by atoms with Gasteiger partial charge in [-0.3, -0.25) is 0 Å². The van der Waals surface area contributed by atoms with Crippen LogP contribution in [-0.2, 0) is 0 Å². The van der Waals surface area contributed by atoms with E-state index in [4.69, 9.17) is 6.58 Å². The summed E-state index contributed by atoms with van der Waals surface area (Å²) in [5.41, 5.74) is 0. The van der Waals surface area contributed by atoms with Crippen LogP contribution >= 0.6 is 0 Å². The van der Waals surface area contributed by atoms with E-state index in [9.17, 15) is 0 Å². The van der Waals surface area contributed by atoms with E-state index in [2.05, 4.69) is 11.8 Å². The van der Waals surface area contributed by atoms with Crippen LogP contribution in [0.2, 0.25) is 0 Å². The van der Waals surface area contributed by atoms with Gasteiger partial charge in [0, 0.05) is 0 Å². The lowest BCUT2D eigenvalue weighted by atomic mass is 10.4. The molecule has 0 aliphatic heterocycles. The van der Waals surface area contributed by atoms with Crippen molar-refractivity contribution < 1.29 is 0 Å². The maximum atomic E-state index is 6.47. The molecule has 0 saturated carbocycles. The average Bonchev–Trinajstić information content (AvgIpc) is 2.12. The van der Waals surface area contributed by atoms with Crippen molar-refractivity contribution in [2.45, 2.75) is 0 Å². The van der Waals surface area contributed by atoms with Crippen LogP contribution in [0.5, 0.6) is 0 Å². The molecule has 1 rings (SSSR count). The minimum Gasteiger partial charge on any atom is -0.0808 e. The first kappa shape index (κ1) is 2.53. The van der Waals surface area contributed by atoms with Crippen molar-refractivity contribution >= 4 is 0 Å². The Balaban J connectivity index is 2.31. The fourth-order valence-electron chi connectivity index (χ4n) is 0.131. The van der Waals surface area contributed by atoms with Gasteiger partial charge >= 0.3 is 0 Å². The lowest BCUT2D eigenvalue weighted by Gasteiger charge is -1.63. The third kappa shape index (κ3) is 0.302. The molecule has 0 atom stereocenters. The molecule has 0 aromatic heterocycles. The number of allylic oxidation sites excluding steroid dienone is 1. The molecule has 0 amide bonds. The molecule has 1 aliphatic carbocycles. The Morgan fingerprint density at radius 3 is 2.20 bits per heavy atom. The first-order chi connectivity index (χ1) is 2.43. The molecule has 0 heteroatoms. The maximum Gasteiger partial charge on any atom is 0.100 e. The molecule has 22 valence electrons. The average molecular weight is 62.1 g/mol. The predicted molar refractivity (Wildman–Crippen MR) is 19.1 cm³/mol. The minimum atomic E-state index is 0.176. The van der Waals surface area contributed by atoms with Gasteiger partial charge in [-0.05, 0) is 12.7 Å². The van der Waals surface area contributed by atoms with Crippen molar-refractivity contribution in [2.24, 2.45) is 5.92 Å². The standard InChI is InChI=1S/C5H2/c1-2-5-3-4-5/h2,5H. The Kier molecular flexibility index (Phi) is 0.315. The SMILES string of the molecule is [C]=CC1C#C1. The molecule has 0 saturated heterocycles. The van der Waals surface area contributed by atoms with Crippen molar-refractivity contribution in [1.82, 2.24) is 0 Å². The molecule has 0 spiro atoms. The maximum absolute atomic E-state index is 6.47. The van der Waals surface area contributed by atoms with Gasteiger partial charge in [-0.1, -0.05) is 11.8 Å². The highest BCUT2D eigenvalue weighted by Crippen LogP contribution is 2.02. The second-order valence-electron chi connectivity index (χ2n) is 0.933. The zero-order valence-corrected chi connectivity index (χ0v) is 2.65. The van der Waals surface area contributed by atoms with Crippen molar-refractivity contribution in [1.29, 1.82) is 0 Å². The van der Waals surface area contributed by atoms with Crippen LogP contribution in [0.25, 0.3) is 0 Å². The zero-order chi connectivity index (χ0) is 3.70. The van der Waals surface area contributed by atoms with E-state index >= 15 is 0 Å².